The lowest BCUT2D eigenvalue weighted by Crippen LogP contribution is -2.44. The molecule has 0 heterocycles. The summed E-state index contributed by atoms with van der Waals surface area (Å²) in [6, 6.07) is 4.55. The van der Waals surface area contributed by atoms with Crippen LogP contribution in [0.25, 0.3) is 0 Å². The van der Waals surface area contributed by atoms with Gasteiger partial charge < -0.3 is 20.5 Å². The quantitative estimate of drug-likeness (QED) is 0.698. The number of halogens is 3. The number of hydrogen-bond acceptors (Lipinski definition) is 4. The van der Waals surface area contributed by atoms with Crippen LogP contribution in [0, 0.1) is 0 Å². The van der Waals surface area contributed by atoms with Gasteiger partial charge in [0.15, 0.2) is 0 Å². The third-order valence-corrected chi connectivity index (χ3v) is 3.09. The molecular formula is C13H19Cl3N2O3. The molecule has 0 fully saturated rings. The van der Waals surface area contributed by atoms with E-state index in [1.807, 2.05) is 0 Å². The molecule has 1 unspecified atom stereocenters. The van der Waals surface area contributed by atoms with Crippen LogP contribution in [0.2, 0.25) is 10.0 Å². The number of carbonyl (C=O) groups is 1. The number of benzene rings is 1. The Morgan fingerprint density at radius 1 is 1.43 bits per heavy atom. The summed E-state index contributed by atoms with van der Waals surface area (Å²) in [6.07, 6.45) is 0. The minimum absolute atomic E-state index is 0. The van der Waals surface area contributed by atoms with Crippen molar-refractivity contribution in [3.05, 3.63) is 33.8 Å². The van der Waals surface area contributed by atoms with E-state index in [-0.39, 0.29) is 24.9 Å². The van der Waals surface area contributed by atoms with Gasteiger partial charge in [-0.25, -0.2) is 0 Å². The maximum atomic E-state index is 11.5. The second-order valence-corrected chi connectivity index (χ2v) is 4.98. The van der Waals surface area contributed by atoms with Crippen molar-refractivity contribution in [1.82, 2.24) is 5.32 Å². The first-order valence-corrected chi connectivity index (χ1v) is 6.84. The number of ether oxygens (including phenoxy) is 2. The number of nitrogens with one attached hydrogen (secondary N) is 1. The summed E-state index contributed by atoms with van der Waals surface area (Å²) in [6.45, 7) is 1.29. The molecule has 1 aromatic carbocycles. The highest BCUT2D eigenvalue weighted by molar-refractivity contribution is 6.35. The zero-order valence-electron chi connectivity index (χ0n) is 11.6. The molecule has 0 aliphatic carbocycles. The Hall–Kier alpha value is -0.560. The van der Waals surface area contributed by atoms with E-state index in [0.717, 1.165) is 5.56 Å². The van der Waals surface area contributed by atoms with Crippen molar-refractivity contribution in [1.29, 1.82) is 0 Å². The molecule has 8 heteroatoms. The van der Waals surface area contributed by atoms with Crippen LogP contribution in [0.5, 0.6) is 0 Å². The summed E-state index contributed by atoms with van der Waals surface area (Å²) in [7, 11) is 1.49. The highest BCUT2D eigenvalue weighted by Gasteiger charge is 2.11. The number of amides is 1. The van der Waals surface area contributed by atoms with Gasteiger partial charge in [-0.05, 0) is 17.7 Å². The minimum atomic E-state index is -0.661. The molecule has 1 atom stereocenters. The van der Waals surface area contributed by atoms with E-state index in [2.05, 4.69) is 5.32 Å². The normalized spacial score (nSPS) is 11.6. The van der Waals surface area contributed by atoms with E-state index in [0.29, 0.717) is 29.8 Å². The third-order valence-electron chi connectivity index (χ3n) is 2.50. The Labute approximate surface area is 140 Å². The summed E-state index contributed by atoms with van der Waals surface area (Å²) < 4.78 is 10.2. The lowest BCUT2D eigenvalue weighted by molar-refractivity contribution is -0.123. The first-order chi connectivity index (χ1) is 9.54. The summed E-state index contributed by atoms with van der Waals surface area (Å²) in [5.74, 6) is -0.264. The van der Waals surface area contributed by atoms with Gasteiger partial charge in [0.05, 0.1) is 19.8 Å². The number of carbonyl (C=O) groups excluding carboxylic acids is 1. The van der Waals surface area contributed by atoms with Gasteiger partial charge in [0.1, 0.15) is 6.04 Å². The molecule has 0 radical (unpaired) electrons. The van der Waals surface area contributed by atoms with E-state index >= 15 is 0 Å². The van der Waals surface area contributed by atoms with E-state index in [1.165, 1.54) is 7.11 Å². The zero-order chi connectivity index (χ0) is 15.0. The first kappa shape index (κ1) is 20.4. The topological polar surface area (TPSA) is 73.6 Å². The van der Waals surface area contributed by atoms with Crippen molar-refractivity contribution in [3.63, 3.8) is 0 Å². The molecule has 5 nitrogen and oxygen atoms in total. The van der Waals surface area contributed by atoms with E-state index < -0.39 is 6.04 Å². The molecule has 0 spiro atoms. The highest BCUT2D eigenvalue weighted by Crippen LogP contribution is 2.21. The van der Waals surface area contributed by atoms with E-state index in [1.54, 1.807) is 18.2 Å². The van der Waals surface area contributed by atoms with Crippen LogP contribution >= 0.6 is 35.6 Å². The molecule has 0 aliphatic rings. The van der Waals surface area contributed by atoms with Crippen molar-refractivity contribution >= 4 is 41.5 Å². The highest BCUT2D eigenvalue weighted by atomic mass is 35.5. The number of nitrogens with two attached hydrogens (primary N) is 1. The number of hydrogen-bond donors (Lipinski definition) is 2. The smallest absolute Gasteiger partial charge is 0.239 e. The van der Waals surface area contributed by atoms with Crippen LogP contribution < -0.4 is 11.1 Å². The van der Waals surface area contributed by atoms with Crippen LogP contribution in [0.4, 0.5) is 0 Å². The molecule has 1 amide bonds. The van der Waals surface area contributed by atoms with Gasteiger partial charge in [-0.2, -0.15) is 0 Å². The molecule has 1 rings (SSSR count). The lowest BCUT2D eigenvalue weighted by Gasteiger charge is -2.11. The van der Waals surface area contributed by atoms with Gasteiger partial charge in [0.25, 0.3) is 0 Å². The van der Waals surface area contributed by atoms with Crippen LogP contribution in [0.1, 0.15) is 5.56 Å². The molecule has 0 aromatic heterocycles. The van der Waals surface area contributed by atoms with E-state index in [9.17, 15) is 4.79 Å². The second kappa shape index (κ2) is 11.1. The zero-order valence-corrected chi connectivity index (χ0v) is 13.9. The van der Waals surface area contributed by atoms with Crippen molar-refractivity contribution < 1.29 is 14.3 Å². The predicted octanol–water partition coefficient (Wildman–Crippen LogP) is 2.02. The first-order valence-electron chi connectivity index (χ1n) is 6.08. The molecule has 0 bridgehead atoms. The maximum absolute atomic E-state index is 11.5. The third kappa shape index (κ3) is 7.85. The fourth-order valence-corrected chi connectivity index (χ4v) is 1.92. The summed E-state index contributed by atoms with van der Waals surface area (Å²) in [5.41, 5.74) is 6.41. The van der Waals surface area contributed by atoms with Gasteiger partial charge >= 0.3 is 0 Å². The molecule has 120 valence electrons. The van der Waals surface area contributed by atoms with Crippen LogP contribution in [0.3, 0.4) is 0 Å². The number of rotatable bonds is 8. The SMILES string of the molecule is COCC(N)C(=O)NCCOCc1ccc(Cl)cc1Cl.Cl. The van der Waals surface area contributed by atoms with Gasteiger partial charge in [-0.3, -0.25) is 4.79 Å². The Bertz CT molecular complexity index is 447. The molecule has 0 saturated carbocycles. The average Bonchev–Trinajstić information content (AvgIpc) is 2.40. The molecule has 0 saturated heterocycles. The number of methoxy groups -OCH3 is 1. The Morgan fingerprint density at radius 2 is 2.14 bits per heavy atom. The van der Waals surface area contributed by atoms with Crippen molar-refractivity contribution in [2.75, 3.05) is 26.9 Å². The summed E-state index contributed by atoms with van der Waals surface area (Å²) in [4.78, 5) is 11.5. The molecule has 0 aliphatic heterocycles. The van der Waals surface area contributed by atoms with E-state index in [4.69, 9.17) is 38.4 Å². The van der Waals surface area contributed by atoms with Crippen molar-refractivity contribution in [3.8, 4) is 0 Å². The predicted molar refractivity (Wildman–Crippen MR) is 86.2 cm³/mol. The van der Waals surface area contributed by atoms with Gasteiger partial charge in [0.2, 0.25) is 5.91 Å². The Morgan fingerprint density at radius 3 is 2.76 bits per heavy atom. The van der Waals surface area contributed by atoms with Crippen LogP contribution in [-0.4, -0.2) is 38.8 Å². The van der Waals surface area contributed by atoms with Crippen LogP contribution in [-0.2, 0) is 20.9 Å². The standard InChI is InChI=1S/C13H18Cl2N2O3.ClH/c1-19-8-12(16)13(18)17-4-5-20-7-9-2-3-10(14)6-11(9)15;/h2-3,6,12H,4-5,7-8,16H2,1H3,(H,17,18);1H. The Balaban J connectivity index is 0.00000400. The monoisotopic (exact) mass is 356 g/mol. The van der Waals surface area contributed by atoms with Crippen molar-refractivity contribution in [2.45, 2.75) is 12.6 Å². The molecule has 21 heavy (non-hydrogen) atoms. The summed E-state index contributed by atoms with van der Waals surface area (Å²) >= 11 is 11.8. The molecule has 3 N–H and O–H groups in total. The second-order valence-electron chi connectivity index (χ2n) is 4.14. The fourth-order valence-electron chi connectivity index (χ4n) is 1.45. The maximum Gasteiger partial charge on any atom is 0.239 e. The van der Waals surface area contributed by atoms with Gasteiger partial charge in [0, 0.05) is 23.7 Å². The largest absolute Gasteiger partial charge is 0.383 e. The molecular weight excluding hydrogens is 339 g/mol. The van der Waals surface area contributed by atoms with Gasteiger partial charge in [-0.1, -0.05) is 29.3 Å². The molecule has 1 aromatic rings. The fraction of sp³-hybridized carbons (Fsp3) is 0.462. The van der Waals surface area contributed by atoms with Crippen molar-refractivity contribution in [2.24, 2.45) is 5.73 Å². The van der Waals surface area contributed by atoms with Gasteiger partial charge in [-0.15, -0.1) is 12.4 Å². The average molecular weight is 358 g/mol. The lowest BCUT2D eigenvalue weighted by atomic mass is 10.2. The minimum Gasteiger partial charge on any atom is -0.383 e. The summed E-state index contributed by atoms with van der Waals surface area (Å²) in [5, 5.41) is 3.79. The Kier molecular flexibility index (Phi) is 10.8. The van der Waals surface area contributed by atoms with Crippen LogP contribution in [0.15, 0.2) is 18.2 Å².